The zero-order valence-corrected chi connectivity index (χ0v) is 22.9. The van der Waals surface area contributed by atoms with Crippen molar-refractivity contribution in [1.82, 2.24) is 5.32 Å². The van der Waals surface area contributed by atoms with Gasteiger partial charge in [0, 0.05) is 5.56 Å². The molecule has 0 heterocycles. The van der Waals surface area contributed by atoms with E-state index in [-0.39, 0.29) is 11.9 Å². The average Bonchev–Trinajstić information content (AvgIpc) is 2.87. The van der Waals surface area contributed by atoms with Crippen LogP contribution in [0.4, 0.5) is 0 Å². The fourth-order valence-electron chi connectivity index (χ4n) is 4.13. The molecule has 0 saturated heterocycles. The molecular weight excluding hydrogens is 434 g/mol. The summed E-state index contributed by atoms with van der Waals surface area (Å²) in [6, 6.07) is 6.90. The van der Waals surface area contributed by atoms with Gasteiger partial charge in [0.2, 0.25) is 0 Å². The zero-order valence-electron chi connectivity index (χ0n) is 22.9. The van der Waals surface area contributed by atoms with Crippen molar-refractivity contribution in [3.05, 3.63) is 42.0 Å². The molecule has 1 aromatic rings. The number of aliphatic hydroxyl groups excluding tert-OH is 1. The number of hydrogen-bond donors (Lipinski definition) is 2. The maximum Gasteiger partial charge on any atom is 0.251 e. The van der Waals surface area contributed by atoms with E-state index in [0.717, 1.165) is 25.0 Å². The van der Waals surface area contributed by atoms with Crippen LogP contribution in [0.5, 0.6) is 5.75 Å². The van der Waals surface area contributed by atoms with Gasteiger partial charge >= 0.3 is 0 Å². The van der Waals surface area contributed by atoms with E-state index in [1.54, 1.807) is 12.1 Å². The van der Waals surface area contributed by atoms with Crippen LogP contribution in [0.1, 0.15) is 134 Å². The van der Waals surface area contributed by atoms with Crippen molar-refractivity contribution < 1.29 is 14.6 Å². The molecular formula is C31H53NO3. The molecule has 4 nitrogen and oxygen atoms in total. The third-order valence-electron chi connectivity index (χ3n) is 6.56. The lowest BCUT2D eigenvalue weighted by molar-refractivity contribution is 0.0894. The van der Waals surface area contributed by atoms with Gasteiger partial charge < -0.3 is 15.2 Å². The second kappa shape index (κ2) is 21.5. The minimum atomic E-state index is -0.683. The molecule has 0 aliphatic heterocycles. The molecule has 0 saturated carbocycles. The van der Waals surface area contributed by atoms with E-state index < -0.39 is 6.10 Å². The number of hydrogen-bond acceptors (Lipinski definition) is 3. The predicted octanol–water partition coefficient (Wildman–Crippen LogP) is 8.38. The normalized spacial score (nSPS) is 13.1. The van der Waals surface area contributed by atoms with Crippen LogP contribution >= 0.6 is 0 Å². The lowest BCUT2D eigenvalue weighted by atomic mass is 10.1. The van der Waals surface area contributed by atoms with Crippen LogP contribution in [0, 0.1) is 0 Å². The Bertz CT molecular complexity index is 656. The Labute approximate surface area is 215 Å². The maximum atomic E-state index is 12.5. The molecule has 0 unspecified atom stereocenters. The molecule has 35 heavy (non-hydrogen) atoms. The topological polar surface area (TPSA) is 58.6 Å². The van der Waals surface area contributed by atoms with Gasteiger partial charge in [-0.15, -0.1) is 0 Å². The standard InChI is InChI=1S/C31H53NO3/c1-4-6-8-10-11-12-13-14-15-16-17-19-21-30(33)27(3)32-31(34)28-22-24-29(25-23-28)35-26-20-18-9-7-5-2/h19,21-25,27,30,33H,4-18,20,26H2,1-3H3,(H,32,34)/b21-19+/t27-,30-/m1/s1. The van der Waals surface area contributed by atoms with E-state index in [1.165, 1.54) is 83.5 Å². The Morgan fingerprint density at radius 2 is 1.34 bits per heavy atom. The quantitative estimate of drug-likeness (QED) is 0.127. The molecule has 0 fully saturated rings. The number of amides is 1. The van der Waals surface area contributed by atoms with Gasteiger partial charge in [0.1, 0.15) is 5.75 Å². The first-order valence-corrected chi connectivity index (χ1v) is 14.5. The number of ether oxygens (including phenoxy) is 1. The first kappa shape index (κ1) is 31.2. The highest BCUT2D eigenvalue weighted by molar-refractivity contribution is 5.94. The number of rotatable bonds is 22. The second-order valence-corrected chi connectivity index (χ2v) is 9.94. The minimum absolute atomic E-state index is 0.175. The first-order chi connectivity index (χ1) is 17.1. The van der Waals surface area contributed by atoms with Crippen LogP contribution in [0.2, 0.25) is 0 Å². The molecule has 0 bridgehead atoms. The second-order valence-electron chi connectivity index (χ2n) is 9.94. The summed E-state index contributed by atoms with van der Waals surface area (Å²) in [6.45, 7) is 7.02. The molecule has 0 aliphatic rings. The summed E-state index contributed by atoms with van der Waals surface area (Å²) in [7, 11) is 0. The summed E-state index contributed by atoms with van der Waals surface area (Å²) >= 11 is 0. The highest BCUT2D eigenvalue weighted by Crippen LogP contribution is 2.14. The van der Waals surface area contributed by atoms with Gasteiger partial charge in [-0.1, -0.05) is 109 Å². The molecule has 0 aromatic heterocycles. The van der Waals surface area contributed by atoms with E-state index >= 15 is 0 Å². The van der Waals surface area contributed by atoms with Gasteiger partial charge in [0.15, 0.2) is 0 Å². The van der Waals surface area contributed by atoms with Crippen molar-refractivity contribution in [2.24, 2.45) is 0 Å². The van der Waals surface area contributed by atoms with Gasteiger partial charge in [0.05, 0.1) is 18.8 Å². The Morgan fingerprint density at radius 3 is 1.91 bits per heavy atom. The maximum absolute atomic E-state index is 12.5. The minimum Gasteiger partial charge on any atom is -0.494 e. The number of aliphatic hydroxyl groups is 1. The fraction of sp³-hybridized carbons (Fsp3) is 0.710. The van der Waals surface area contributed by atoms with E-state index in [2.05, 4.69) is 19.2 Å². The molecule has 2 atom stereocenters. The predicted molar refractivity (Wildman–Crippen MR) is 149 cm³/mol. The Morgan fingerprint density at radius 1 is 0.829 bits per heavy atom. The van der Waals surface area contributed by atoms with Gasteiger partial charge in [-0.2, -0.15) is 0 Å². The Hall–Kier alpha value is -1.81. The number of nitrogens with one attached hydrogen (secondary N) is 1. The largest absolute Gasteiger partial charge is 0.494 e. The monoisotopic (exact) mass is 487 g/mol. The average molecular weight is 488 g/mol. The molecule has 2 N–H and O–H groups in total. The van der Waals surface area contributed by atoms with Crippen LogP contribution < -0.4 is 10.1 Å². The SMILES string of the molecule is CCCCCCCCCCCC/C=C/[C@@H](O)[C@@H](C)NC(=O)c1ccc(OCCCCCCC)cc1. The van der Waals surface area contributed by atoms with Crippen molar-refractivity contribution in [2.75, 3.05) is 6.61 Å². The molecule has 1 amide bonds. The highest BCUT2D eigenvalue weighted by Gasteiger charge is 2.15. The van der Waals surface area contributed by atoms with E-state index in [1.807, 2.05) is 31.2 Å². The van der Waals surface area contributed by atoms with Gasteiger partial charge in [-0.05, 0) is 50.5 Å². The van der Waals surface area contributed by atoms with Crippen LogP contribution in [-0.2, 0) is 0 Å². The third-order valence-corrected chi connectivity index (χ3v) is 6.56. The summed E-state index contributed by atoms with van der Waals surface area (Å²) in [5.41, 5.74) is 0.577. The summed E-state index contributed by atoms with van der Waals surface area (Å²) < 4.78 is 5.77. The highest BCUT2D eigenvalue weighted by atomic mass is 16.5. The molecule has 0 radical (unpaired) electrons. The van der Waals surface area contributed by atoms with Gasteiger partial charge in [-0.25, -0.2) is 0 Å². The van der Waals surface area contributed by atoms with Gasteiger partial charge in [-0.3, -0.25) is 4.79 Å². The zero-order chi connectivity index (χ0) is 25.6. The van der Waals surface area contributed by atoms with Crippen LogP contribution in [-0.4, -0.2) is 29.8 Å². The Kier molecular flexibility index (Phi) is 19.2. The summed E-state index contributed by atoms with van der Waals surface area (Å²) in [4.78, 5) is 12.5. The van der Waals surface area contributed by atoms with Crippen LogP contribution in [0.25, 0.3) is 0 Å². The van der Waals surface area contributed by atoms with E-state index in [4.69, 9.17) is 4.74 Å². The number of benzene rings is 1. The summed E-state index contributed by atoms with van der Waals surface area (Å²) in [5.74, 6) is 0.616. The first-order valence-electron chi connectivity index (χ1n) is 14.5. The van der Waals surface area contributed by atoms with Crippen molar-refractivity contribution in [2.45, 2.75) is 136 Å². The van der Waals surface area contributed by atoms with Crippen molar-refractivity contribution in [3.8, 4) is 5.75 Å². The van der Waals surface area contributed by atoms with Crippen molar-refractivity contribution in [3.63, 3.8) is 0 Å². The van der Waals surface area contributed by atoms with Crippen molar-refractivity contribution in [1.29, 1.82) is 0 Å². The van der Waals surface area contributed by atoms with Gasteiger partial charge in [0.25, 0.3) is 5.91 Å². The molecule has 1 rings (SSSR count). The number of allylic oxidation sites excluding steroid dienone is 1. The summed E-state index contributed by atoms with van der Waals surface area (Å²) in [5, 5.41) is 13.3. The smallest absolute Gasteiger partial charge is 0.251 e. The fourth-order valence-corrected chi connectivity index (χ4v) is 4.13. The lowest BCUT2D eigenvalue weighted by Gasteiger charge is -2.17. The van der Waals surface area contributed by atoms with Crippen LogP contribution in [0.3, 0.4) is 0 Å². The molecule has 0 aliphatic carbocycles. The molecule has 4 heteroatoms. The Balaban J connectivity index is 2.16. The molecule has 200 valence electrons. The lowest BCUT2D eigenvalue weighted by Crippen LogP contribution is -2.40. The van der Waals surface area contributed by atoms with Crippen molar-refractivity contribution >= 4 is 5.91 Å². The number of carbonyl (C=O) groups is 1. The molecule has 1 aromatic carbocycles. The van der Waals surface area contributed by atoms with Crippen LogP contribution in [0.15, 0.2) is 36.4 Å². The molecule has 0 spiro atoms. The van der Waals surface area contributed by atoms with E-state index in [9.17, 15) is 9.90 Å². The number of unbranched alkanes of at least 4 members (excludes halogenated alkanes) is 14. The summed E-state index contributed by atoms with van der Waals surface area (Å²) in [6.07, 6.45) is 23.5. The third kappa shape index (κ3) is 16.5. The van der Waals surface area contributed by atoms with E-state index in [0.29, 0.717) is 12.2 Å². The number of carbonyl (C=O) groups excluding carboxylic acids is 1.